The number of rotatable bonds is 6. The van der Waals surface area contributed by atoms with Gasteiger partial charge in [-0.15, -0.1) is 0 Å². The summed E-state index contributed by atoms with van der Waals surface area (Å²) in [6.07, 6.45) is 3.12. The normalized spacial score (nSPS) is 21.0. The Balaban J connectivity index is 2.35. The van der Waals surface area contributed by atoms with Crippen LogP contribution in [-0.2, 0) is 0 Å². The lowest BCUT2D eigenvalue weighted by Gasteiger charge is -2.26. The van der Waals surface area contributed by atoms with Gasteiger partial charge in [0.2, 0.25) is 0 Å². The molecule has 1 N–H and O–H groups in total. The molecule has 0 amide bonds. The van der Waals surface area contributed by atoms with Crippen LogP contribution in [0.15, 0.2) is 6.20 Å². The molecule has 5 heteroatoms. The van der Waals surface area contributed by atoms with E-state index in [1.165, 1.54) is 23.6 Å². The van der Waals surface area contributed by atoms with E-state index in [0.717, 1.165) is 12.3 Å². The number of hydrogen-bond donors (Lipinski definition) is 1. The molecule has 0 aromatic carbocycles. The summed E-state index contributed by atoms with van der Waals surface area (Å²) >= 11 is 2.05. The topological polar surface area (TPSA) is 39.1 Å². The summed E-state index contributed by atoms with van der Waals surface area (Å²) in [6, 6.07) is 0.703. The second-order valence-electron chi connectivity index (χ2n) is 5.30. The number of nitrogens with zero attached hydrogens (tertiary/aromatic N) is 2. The first kappa shape index (κ1) is 14.7. The van der Waals surface area contributed by atoms with E-state index < -0.39 is 0 Å². The molecule has 1 saturated heterocycles. The van der Waals surface area contributed by atoms with Crippen molar-refractivity contribution in [2.24, 2.45) is 5.92 Å². The number of methoxy groups -OCH3 is 1. The third-order valence-corrected chi connectivity index (χ3v) is 4.85. The van der Waals surface area contributed by atoms with Crippen molar-refractivity contribution in [2.45, 2.75) is 39.3 Å². The van der Waals surface area contributed by atoms with Gasteiger partial charge < -0.3 is 10.1 Å². The zero-order valence-corrected chi connectivity index (χ0v) is 13.2. The Bertz CT molecular complexity index is 399. The van der Waals surface area contributed by atoms with Crippen molar-refractivity contribution in [1.29, 1.82) is 0 Å². The third kappa shape index (κ3) is 3.08. The maximum absolute atomic E-state index is 5.53. The Morgan fingerprint density at radius 2 is 2.37 bits per heavy atom. The Hall–Kier alpha value is -0.680. The van der Waals surface area contributed by atoms with Gasteiger partial charge in [0.05, 0.1) is 25.0 Å². The number of ether oxygens (including phenoxy) is 1. The molecule has 0 aliphatic carbocycles. The molecular formula is C14H25N3OS. The first-order valence-corrected chi connectivity index (χ1v) is 8.27. The number of aromatic nitrogens is 2. The maximum atomic E-state index is 5.53. The van der Waals surface area contributed by atoms with E-state index in [1.807, 2.05) is 6.20 Å². The van der Waals surface area contributed by atoms with Gasteiger partial charge in [-0.3, -0.25) is 4.68 Å². The zero-order valence-electron chi connectivity index (χ0n) is 12.3. The molecule has 2 rings (SSSR count). The van der Waals surface area contributed by atoms with Gasteiger partial charge in [0.25, 0.3) is 0 Å². The molecular weight excluding hydrogens is 258 g/mol. The standard InChI is InChI=1S/C14H25N3OS/c1-5-15-13(11-6-7-19-9-11)14-12(18-4)8-16-17(14)10(2)3/h8,10-11,13,15H,5-7,9H2,1-4H3. The first-order chi connectivity index (χ1) is 9.19. The van der Waals surface area contributed by atoms with Gasteiger partial charge in [-0.2, -0.15) is 16.9 Å². The van der Waals surface area contributed by atoms with E-state index >= 15 is 0 Å². The maximum Gasteiger partial charge on any atom is 0.161 e. The summed E-state index contributed by atoms with van der Waals surface area (Å²) in [7, 11) is 1.73. The van der Waals surface area contributed by atoms with Gasteiger partial charge in [-0.05, 0) is 44.2 Å². The Labute approximate surface area is 120 Å². The molecule has 2 heterocycles. The second-order valence-corrected chi connectivity index (χ2v) is 6.45. The molecule has 2 atom stereocenters. The molecule has 2 unspecified atom stereocenters. The van der Waals surface area contributed by atoms with Crippen LogP contribution in [0.4, 0.5) is 0 Å². The molecule has 108 valence electrons. The Morgan fingerprint density at radius 1 is 1.58 bits per heavy atom. The fourth-order valence-electron chi connectivity index (χ4n) is 2.74. The molecule has 1 aliphatic rings. The van der Waals surface area contributed by atoms with Crippen LogP contribution in [0, 0.1) is 5.92 Å². The predicted octanol–water partition coefficient (Wildman–Crippen LogP) is 2.88. The highest BCUT2D eigenvalue weighted by Gasteiger charge is 2.31. The largest absolute Gasteiger partial charge is 0.493 e. The van der Waals surface area contributed by atoms with Crippen LogP contribution in [0.3, 0.4) is 0 Å². The summed E-state index contributed by atoms with van der Waals surface area (Å²) in [6.45, 7) is 7.47. The SMILES string of the molecule is CCNC(c1c(OC)cnn1C(C)C)C1CCSC1. The monoisotopic (exact) mass is 283 g/mol. The summed E-state index contributed by atoms with van der Waals surface area (Å²) in [5.41, 5.74) is 1.21. The quantitative estimate of drug-likeness (QED) is 0.871. The molecule has 0 radical (unpaired) electrons. The van der Waals surface area contributed by atoms with E-state index in [9.17, 15) is 0 Å². The molecule has 1 aromatic heterocycles. The minimum absolute atomic E-state index is 0.347. The summed E-state index contributed by atoms with van der Waals surface area (Å²) in [5.74, 6) is 4.08. The molecule has 1 fully saturated rings. The molecule has 0 saturated carbocycles. The molecule has 4 nitrogen and oxygen atoms in total. The van der Waals surface area contributed by atoms with Crippen LogP contribution >= 0.6 is 11.8 Å². The van der Waals surface area contributed by atoms with Crippen molar-refractivity contribution in [3.05, 3.63) is 11.9 Å². The second kappa shape index (κ2) is 6.66. The van der Waals surface area contributed by atoms with Gasteiger partial charge in [0, 0.05) is 6.04 Å². The number of thioether (sulfide) groups is 1. The minimum atomic E-state index is 0.347. The van der Waals surface area contributed by atoms with Crippen molar-refractivity contribution in [1.82, 2.24) is 15.1 Å². The van der Waals surface area contributed by atoms with Crippen molar-refractivity contribution in [2.75, 3.05) is 25.2 Å². The van der Waals surface area contributed by atoms with E-state index in [2.05, 4.69) is 47.6 Å². The minimum Gasteiger partial charge on any atom is -0.493 e. The fraction of sp³-hybridized carbons (Fsp3) is 0.786. The summed E-state index contributed by atoms with van der Waals surface area (Å²) in [5, 5.41) is 8.15. The average Bonchev–Trinajstić information content (AvgIpc) is 3.04. The summed E-state index contributed by atoms with van der Waals surface area (Å²) in [4.78, 5) is 0. The van der Waals surface area contributed by atoms with Gasteiger partial charge >= 0.3 is 0 Å². The smallest absolute Gasteiger partial charge is 0.161 e. The van der Waals surface area contributed by atoms with Crippen LogP contribution in [0.25, 0.3) is 0 Å². The molecule has 1 aliphatic heterocycles. The molecule has 1 aromatic rings. The average molecular weight is 283 g/mol. The lowest BCUT2D eigenvalue weighted by Crippen LogP contribution is -2.31. The van der Waals surface area contributed by atoms with E-state index in [-0.39, 0.29) is 0 Å². The Kier molecular flexibility index (Phi) is 5.16. The van der Waals surface area contributed by atoms with Gasteiger partial charge in [0.15, 0.2) is 5.75 Å². The van der Waals surface area contributed by atoms with Gasteiger partial charge in [-0.25, -0.2) is 0 Å². The van der Waals surface area contributed by atoms with Crippen LogP contribution in [-0.4, -0.2) is 34.9 Å². The molecule has 0 bridgehead atoms. The third-order valence-electron chi connectivity index (χ3n) is 3.66. The summed E-state index contributed by atoms with van der Waals surface area (Å²) < 4.78 is 7.64. The fourth-order valence-corrected chi connectivity index (χ4v) is 4.04. The highest BCUT2D eigenvalue weighted by Crippen LogP contribution is 2.38. The van der Waals surface area contributed by atoms with Crippen LogP contribution in [0.5, 0.6) is 5.75 Å². The predicted molar refractivity (Wildman–Crippen MR) is 81.0 cm³/mol. The van der Waals surface area contributed by atoms with Crippen molar-refractivity contribution in [3.63, 3.8) is 0 Å². The van der Waals surface area contributed by atoms with Gasteiger partial charge in [-0.1, -0.05) is 6.92 Å². The highest BCUT2D eigenvalue weighted by molar-refractivity contribution is 7.99. The first-order valence-electron chi connectivity index (χ1n) is 7.11. The van der Waals surface area contributed by atoms with Crippen molar-refractivity contribution in [3.8, 4) is 5.75 Å². The van der Waals surface area contributed by atoms with Crippen molar-refractivity contribution < 1.29 is 4.74 Å². The lowest BCUT2D eigenvalue weighted by atomic mass is 9.95. The number of nitrogens with one attached hydrogen (secondary N) is 1. The zero-order chi connectivity index (χ0) is 13.8. The van der Waals surface area contributed by atoms with Crippen LogP contribution in [0.1, 0.15) is 45.0 Å². The van der Waals surface area contributed by atoms with E-state index in [4.69, 9.17) is 4.74 Å². The lowest BCUT2D eigenvalue weighted by molar-refractivity contribution is 0.338. The van der Waals surface area contributed by atoms with Crippen LogP contribution in [0.2, 0.25) is 0 Å². The molecule has 0 spiro atoms. The van der Waals surface area contributed by atoms with Crippen LogP contribution < -0.4 is 10.1 Å². The number of hydrogen-bond acceptors (Lipinski definition) is 4. The molecule has 19 heavy (non-hydrogen) atoms. The Morgan fingerprint density at radius 3 is 2.89 bits per heavy atom. The van der Waals surface area contributed by atoms with E-state index in [1.54, 1.807) is 7.11 Å². The van der Waals surface area contributed by atoms with Gasteiger partial charge in [0.1, 0.15) is 0 Å². The highest BCUT2D eigenvalue weighted by atomic mass is 32.2. The van der Waals surface area contributed by atoms with E-state index in [0.29, 0.717) is 18.0 Å². The van der Waals surface area contributed by atoms with Crippen molar-refractivity contribution >= 4 is 11.8 Å².